The number of anilines is 2. The summed E-state index contributed by atoms with van der Waals surface area (Å²) in [5, 5.41) is 12.2. The zero-order chi connectivity index (χ0) is 21.3. The number of pyridine rings is 1. The second-order valence-electron chi connectivity index (χ2n) is 8.93. The molecule has 7 heteroatoms. The van der Waals surface area contributed by atoms with Gasteiger partial charge in [0.25, 0.3) is 0 Å². The van der Waals surface area contributed by atoms with Gasteiger partial charge in [-0.05, 0) is 56.0 Å². The standard InChI is InChI=1S/C25H28N6O/c1-2-8-17(7-1)27-22-13-5-11-20-23(24(30-31(20)22)21-12-6-16-32-21)19-14-15-26-25(29-19)28-18-9-3-4-10-18/h5-6,11-18,27H,1-4,7-10H2,(H,26,28,29). The Morgan fingerprint density at radius 1 is 0.875 bits per heavy atom. The van der Waals surface area contributed by atoms with Crippen molar-refractivity contribution in [1.29, 1.82) is 0 Å². The molecule has 6 rings (SSSR count). The summed E-state index contributed by atoms with van der Waals surface area (Å²) < 4.78 is 7.76. The van der Waals surface area contributed by atoms with Gasteiger partial charge in [0.15, 0.2) is 5.76 Å². The molecule has 0 unspecified atom stereocenters. The molecule has 7 nitrogen and oxygen atoms in total. The van der Waals surface area contributed by atoms with Crippen LogP contribution in [0.3, 0.4) is 0 Å². The van der Waals surface area contributed by atoms with Crippen molar-refractivity contribution >= 4 is 17.3 Å². The molecule has 2 saturated carbocycles. The van der Waals surface area contributed by atoms with Crippen molar-refractivity contribution in [2.45, 2.75) is 63.5 Å². The molecule has 164 valence electrons. The van der Waals surface area contributed by atoms with Gasteiger partial charge in [-0.1, -0.05) is 31.7 Å². The molecule has 0 aromatic carbocycles. The fourth-order valence-corrected chi connectivity index (χ4v) is 5.12. The smallest absolute Gasteiger partial charge is 0.223 e. The van der Waals surface area contributed by atoms with E-state index in [-0.39, 0.29) is 0 Å². The SMILES string of the molecule is c1coc(-c2nn3c(NC4CCCC4)cccc3c2-c2ccnc(NC3CCCC3)n2)c1. The van der Waals surface area contributed by atoms with Gasteiger partial charge in [-0.15, -0.1) is 0 Å². The summed E-state index contributed by atoms with van der Waals surface area (Å²) in [6.07, 6.45) is 13.4. The van der Waals surface area contributed by atoms with Crippen LogP contribution in [0.15, 0.2) is 53.3 Å². The Balaban J connectivity index is 1.45. The highest BCUT2D eigenvalue weighted by molar-refractivity contribution is 5.90. The Hall–Kier alpha value is -3.35. The molecule has 0 spiro atoms. The van der Waals surface area contributed by atoms with E-state index in [0.29, 0.717) is 18.0 Å². The summed E-state index contributed by atoms with van der Waals surface area (Å²) >= 11 is 0. The van der Waals surface area contributed by atoms with Crippen molar-refractivity contribution in [3.63, 3.8) is 0 Å². The minimum atomic E-state index is 0.459. The topological polar surface area (TPSA) is 80.3 Å². The van der Waals surface area contributed by atoms with Crippen molar-refractivity contribution in [2.24, 2.45) is 0 Å². The molecule has 0 aliphatic heterocycles. The van der Waals surface area contributed by atoms with Crippen molar-refractivity contribution in [3.8, 4) is 22.7 Å². The quantitative estimate of drug-likeness (QED) is 0.406. The Labute approximate surface area is 187 Å². The number of furan rings is 1. The van der Waals surface area contributed by atoms with E-state index in [1.54, 1.807) is 6.26 Å². The van der Waals surface area contributed by atoms with E-state index in [1.165, 1.54) is 51.4 Å². The second kappa shape index (κ2) is 8.30. The van der Waals surface area contributed by atoms with Gasteiger partial charge in [-0.25, -0.2) is 14.5 Å². The molecule has 0 saturated heterocycles. The molecular formula is C25H28N6O. The van der Waals surface area contributed by atoms with Gasteiger partial charge in [0.2, 0.25) is 5.95 Å². The van der Waals surface area contributed by atoms with Crippen LogP contribution in [-0.4, -0.2) is 31.7 Å². The van der Waals surface area contributed by atoms with Gasteiger partial charge >= 0.3 is 0 Å². The summed E-state index contributed by atoms with van der Waals surface area (Å²) in [5.41, 5.74) is 3.61. The van der Waals surface area contributed by atoms with E-state index < -0.39 is 0 Å². The lowest BCUT2D eigenvalue weighted by Crippen LogP contribution is -2.17. The first kappa shape index (κ1) is 19.3. The molecule has 2 N–H and O–H groups in total. The van der Waals surface area contributed by atoms with Crippen LogP contribution in [0.5, 0.6) is 0 Å². The van der Waals surface area contributed by atoms with Gasteiger partial charge in [0.05, 0.1) is 23.0 Å². The minimum absolute atomic E-state index is 0.459. The molecule has 2 fully saturated rings. The third kappa shape index (κ3) is 3.61. The molecule has 4 heterocycles. The lowest BCUT2D eigenvalue weighted by molar-refractivity contribution is 0.579. The number of nitrogens with zero attached hydrogens (tertiary/aromatic N) is 4. The summed E-state index contributed by atoms with van der Waals surface area (Å²) in [5.74, 6) is 2.42. The van der Waals surface area contributed by atoms with Crippen molar-refractivity contribution in [1.82, 2.24) is 19.6 Å². The van der Waals surface area contributed by atoms with Gasteiger partial charge in [-0.3, -0.25) is 0 Å². The van der Waals surface area contributed by atoms with E-state index in [4.69, 9.17) is 14.5 Å². The van der Waals surface area contributed by atoms with Crippen LogP contribution in [0.1, 0.15) is 51.4 Å². The third-order valence-electron chi connectivity index (χ3n) is 6.72. The molecule has 32 heavy (non-hydrogen) atoms. The zero-order valence-corrected chi connectivity index (χ0v) is 18.1. The number of rotatable bonds is 6. The van der Waals surface area contributed by atoms with E-state index in [9.17, 15) is 0 Å². The summed E-state index contributed by atoms with van der Waals surface area (Å²) in [6.45, 7) is 0. The molecule has 4 aromatic rings. The largest absolute Gasteiger partial charge is 0.463 e. The van der Waals surface area contributed by atoms with Crippen molar-refractivity contribution < 1.29 is 4.42 Å². The Kier molecular flexibility index (Phi) is 5.02. The van der Waals surface area contributed by atoms with Crippen LogP contribution in [-0.2, 0) is 0 Å². The van der Waals surface area contributed by atoms with Crippen molar-refractivity contribution in [2.75, 3.05) is 10.6 Å². The summed E-state index contributed by atoms with van der Waals surface area (Å²) in [6, 6.07) is 13.1. The van der Waals surface area contributed by atoms with Gasteiger partial charge in [-0.2, -0.15) is 5.10 Å². The number of fused-ring (bicyclic) bond motifs is 1. The van der Waals surface area contributed by atoms with Gasteiger partial charge in [0.1, 0.15) is 11.5 Å². The second-order valence-corrected chi connectivity index (χ2v) is 8.93. The highest BCUT2D eigenvalue weighted by Crippen LogP contribution is 2.36. The van der Waals surface area contributed by atoms with Crippen molar-refractivity contribution in [3.05, 3.63) is 48.9 Å². The number of nitrogens with one attached hydrogen (secondary N) is 2. The van der Waals surface area contributed by atoms with Crippen LogP contribution in [0.4, 0.5) is 11.8 Å². The number of aromatic nitrogens is 4. The number of hydrogen-bond acceptors (Lipinski definition) is 6. The van der Waals surface area contributed by atoms with Crippen LogP contribution >= 0.6 is 0 Å². The minimum Gasteiger partial charge on any atom is -0.463 e. The monoisotopic (exact) mass is 428 g/mol. The first-order valence-corrected chi connectivity index (χ1v) is 11.8. The van der Waals surface area contributed by atoms with Crippen LogP contribution in [0.25, 0.3) is 28.2 Å². The van der Waals surface area contributed by atoms with E-state index >= 15 is 0 Å². The fraction of sp³-hybridized carbons (Fsp3) is 0.400. The maximum atomic E-state index is 5.77. The molecule has 2 aliphatic rings. The average molecular weight is 429 g/mol. The Morgan fingerprint density at radius 2 is 1.66 bits per heavy atom. The molecule has 0 radical (unpaired) electrons. The van der Waals surface area contributed by atoms with E-state index in [2.05, 4.69) is 33.8 Å². The average Bonchev–Trinajstić information content (AvgIpc) is 3.61. The predicted molar refractivity (Wildman–Crippen MR) is 126 cm³/mol. The summed E-state index contributed by atoms with van der Waals surface area (Å²) in [4.78, 5) is 9.38. The Bertz CT molecular complexity index is 1200. The summed E-state index contributed by atoms with van der Waals surface area (Å²) in [7, 11) is 0. The Morgan fingerprint density at radius 3 is 2.41 bits per heavy atom. The van der Waals surface area contributed by atoms with Gasteiger partial charge < -0.3 is 15.1 Å². The molecule has 0 amide bonds. The predicted octanol–water partition coefficient (Wildman–Crippen LogP) is 5.76. The zero-order valence-electron chi connectivity index (χ0n) is 18.1. The highest BCUT2D eigenvalue weighted by atomic mass is 16.3. The highest BCUT2D eigenvalue weighted by Gasteiger charge is 2.23. The molecule has 0 bridgehead atoms. The van der Waals surface area contributed by atoms with E-state index in [1.807, 2.05) is 28.9 Å². The molecule has 2 aliphatic carbocycles. The molecule has 4 aromatic heterocycles. The maximum Gasteiger partial charge on any atom is 0.223 e. The fourth-order valence-electron chi connectivity index (χ4n) is 5.12. The van der Waals surface area contributed by atoms with Crippen LogP contribution in [0.2, 0.25) is 0 Å². The first-order chi connectivity index (χ1) is 15.8. The normalized spacial score (nSPS) is 17.4. The van der Waals surface area contributed by atoms with Gasteiger partial charge in [0, 0.05) is 18.3 Å². The first-order valence-electron chi connectivity index (χ1n) is 11.8. The van der Waals surface area contributed by atoms with Crippen LogP contribution in [0, 0.1) is 0 Å². The lowest BCUT2D eigenvalue weighted by atomic mass is 10.1. The third-order valence-corrected chi connectivity index (χ3v) is 6.72. The maximum absolute atomic E-state index is 5.77. The lowest BCUT2D eigenvalue weighted by Gasteiger charge is -2.14. The van der Waals surface area contributed by atoms with Crippen LogP contribution < -0.4 is 10.6 Å². The molecular weight excluding hydrogens is 400 g/mol. The molecule has 0 atom stereocenters. The van der Waals surface area contributed by atoms with E-state index in [0.717, 1.165) is 34.0 Å². The number of hydrogen-bond donors (Lipinski definition) is 2.